The van der Waals surface area contributed by atoms with Crippen LogP contribution in [0.3, 0.4) is 0 Å². The number of methoxy groups -OCH3 is 3. The summed E-state index contributed by atoms with van der Waals surface area (Å²) in [6.07, 6.45) is -3.02. The summed E-state index contributed by atoms with van der Waals surface area (Å²) < 4.78 is 20.9. The molecule has 0 radical (unpaired) electrons. The second kappa shape index (κ2) is 6.99. The van der Waals surface area contributed by atoms with E-state index >= 15 is 0 Å². The van der Waals surface area contributed by atoms with Gasteiger partial charge in [-0.3, -0.25) is 4.90 Å². The highest BCUT2D eigenvalue weighted by atomic mass is 16.6. The lowest BCUT2D eigenvalue weighted by molar-refractivity contribution is -0.194. The van der Waals surface area contributed by atoms with E-state index in [1.807, 2.05) is 0 Å². The van der Waals surface area contributed by atoms with Crippen LogP contribution >= 0.6 is 0 Å². The summed E-state index contributed by atoms with van der Waals surface area (Å²) in [6, 6.07) is 8.23. The number of hydrogen-bond donors (Lipinski definition) is 1. The van der Waals surface area contributed by atoms with E-state index in [1.54, 1.807) is 44.2 Å². The minimum Gasteiger partial charge on any atom is -0.467 e. The molecule has 1 heterocycles. The maximum absolute atomic E-state index is 12.5. The van der Waals surface area contributed by atoms with Crippen molar-refractivity contribution in [3.63, 3.8) is 0 Å². The van der Waals surface area contributed by atoms with Crippen LogP contribution in [0.4, 0.5) is 4.79 Å². The van der Waals surface area contributed by atoms with Gasteiger partial charge in [0.15, 0.2) is 6.23 Å². The Hall–Kier alpha value is -2.16. The van der Waals surface area contributed by atoms with Gasteiger partial charge in [-0.25, -0.2) is 9.59 Å². The van der Waals surface area contributed by atoms with Crippen LogP contribution in [0.1, 0.15) is 19.4 Å². The second-order valence-electron chi connectivity index (χ2n) is 6.08. The molecule has 3 atom stereocenters. The molecule has 1 aliphatic rings. The van der Waals surface area contributed by atoms with Crippen molar-refractivity contribution in [2.45, 2.75) is 37.5 Å². The van der Waals surface area contributed by atoms with Crippen LogP contribution in [-0.2, 0) is 29.3 Å². The van der Waals surface area contributed by atoms with Crippen molar-refractivity contribution in [2.75, 3.05) is 21.3 Å². The van der Waals surface area contributed by atoms with Crippen LogP contribution in [0.5, 0.6) is 0 Å². The van der Waals surface area contributed by atoms with Gasteiger partial charge in [0.1, 0.15) is 11.8 Å². The van der Waals surface area contributed by atoms with Crippen LogP contribution in [-0.4, -0.2) is 61.5 Å². The van der Waals surface area contributed by atoms with E-state index in [1.165, 1.54) is 19.1 Å². The third-order valence-corrected chi connectivity index (χ3v) is 4.24. The Bertz CT molecular complexity index is 633. The van der Waals surface area contributed by atoms with Gasteiger partial charge >= 0.3 is 12.1 Å². The molecule has 1 unspecified atom stereocenters. The minimum atomic E-state index is -2.18. The number of ether oxygens (including phenoxy) is 4. The fourth-order valence-corrected chi connectivity index (χ4v) is 3.06. The van der Waals surface area contributed by atoms with Crippen LogP contribution in [0, 0.1) is 0 Å². The first-order valence-corrected chi connectivity index (χ1v) is 7.68. The fourth-order valence-electron chi connectivity index (χ4n) is 3.06. The molecule has 25 heavy (non-hydrogen) atoms. The first kappa shape index (κ1) is 19.2. The Balaban J connectivity index is 2.58. The lowest BCUT2D eigenvalue weighted by atomic mass is 9.87. The summed E-state index contributed by atoms with van der Waals surface area (Å²) in [5.41, 5.74) is -3.11. The number of esters is 1. The molecule has 0 bridgehead atoms. The van der Waals surface area contributed by atoms with Crippen LogP contribution in [0.25, 0.3) is 0 Å². The number of carbonyl (C=O) groups excluding carboxylic acids is 2. The van der Waals surface area contributed by atoms with Gasteiger partial charge < -0.3 is 24.1 Å². The largest absolute Gasteiger partial charge is 0.467 e. The number of rotatable bonds is 4. The van der Waals surface area contributed by atoms with Crippen LogP contribution < -0.4 is 0 Å². The minimum absolute atomic E-state index is 0.261. The van der Waals surface area contributed by atoms with Gasteiger partial charge in [0, 0.05) is 7.11 Å². The summed E-state index contributed by atoms with van der Waals surface area (Å²) in [6.45, 7) is 3.22. The number of carbonyl (C=O) groups is 2. The number of aliphatic hydroxyl groups is 1. The highest BCUT2D eigenvalue weighted by Crippen LogP contribution is 2.42. The molecule has 8 heteroatoms. The van der Waals surface area contributed by atoms with Gasteiger partial charge in [-0.1, -0.05) is 30.3 Å². The summed E-state index contributed by atoms with van der Waals surface area (Å²) in [5.74, 6) is -0.923. The van der Waals surface area contributed by atoms with Gasteiger partial charge in [0.05, 0.1) is 14.2 Å². The third kappa shape index (κ3) is 3.08. The zero-order chi connectivity index (χ0) is 18.8. The standard InChI is InChI=1S/C17H23NO7/c1-16(2)18(15(20)24-5)13(22-3)12(25-16)17(21,14(19)23-4)11-9-7-6-8-10-11/h6-10,12-13,21H,1-5H3/t12-,13?,17-/m1/s1. The van der Waals surface area contributed by atoms with Gasteiger partial charge in [0.2, 0.25) is 5.60 Å². The zero-order valence-electron chi connectivity index (χ0n) is 14.9. The molecule has 2 rings (SSSR count). The predicted molar refractivity (Wildman–Crippen MR) is 86.3 cm³/mol. The molecular weight excluding hydrogens is 330 g/mol. The number of benzene rings is 1. The summed E-state index contributed by atoms with van der Waals surface area (Å²) in [5, 5.41) is 11.3. The lowest BCUT2D eigenvalue weighted by Gasteiger charge is -2.34. The molecular formula is C17H23NO7. The van der Waals surface area contributed by atoms with Crippen molar-refractivity contribution in [1.82, 2.24) is 4.90 Å². The van der Waals surface area contributed by atoms with Crippen molar-refractivity contribution < 1.29 is 33.6 Å². The van der Waals surface area contributed by atoms with E-state index in [2.05, 4.69) is 0 Å². The Morgan fingerprint density at radius 3 is 2.24 bits per heavy atom. The smallest absolute Gasteiger partial charge is 0.413 e. The molecule has 8 nitrogen and oxygen atoms in total. The average Bonchev–Trinajstić information content (AvgIpc) is 2.91. The second-order valence-corrected chi connectivity index (χ2v) is 6.08. The number of amides is 1. The van der Waals surface area contributed by atoms with Crippen molar-refractivity contribution >= 4 is 12.1 Å². The molecule has 0 saturated carbocycles. The average molecular weight is 353 g/mol. The maximum Gasteiger partial charge on any atom is 0.413 e. The summed E-state index contributed by atoms with van der Waals surface area (Å²) in [7, 11) is 3.74. The highest BCUT2D eigenvalue weighted by molar-refractivity contribution is 5.82. The van der Waals surface area contributed by atoms with Crippen LogP contribution in [0.15, 0.2) is 30.3 Å². The van der Waals surface area contributed by atoms with Gasteiger partial charge in [-0.15, -0.1) is 0 Å². The maximum atomic E-state index is 12.5. The molecule has 0 aliphatic carbocycles. The van der Waals surface area contributed by atoms with E-state index in [9.17, 15) is 14.7 Å². The molecule has 1 aliphatic heterocycles. The Morgan fingerprint density at radius 2 is 1.76 bits per heavy atom. The fraction of sp³-hybridized carbons (Fsp3) is 0.529. The first-order valence-electron chi connectivity index (χ1n) is 7.68. The SMILES string of the molecule is COC(=O)N1C(OC)[C@H]([C@@](O)(C(=O)OC)c2ccccc2)OC1(C)C. The van der Waals surface area contributed by atoms with E-state index in [0.29, 0.717) is 0 Å². The molecule has 1 aromatic carbocycles. The summed E-state index contributed by atoms with van der Waals surface area (Å²) >= 11 is 0. The van der Waals surface area contributed by atoms with Crippen molar-refractivity contribution in [2.24, 2.45) is 0 Å². The van der Waals surface area contributed by atoms with Crippen molar-refractivity contribution in [1.29, 1.82) is 0 Å². The monoisotopic (exact) mass is 353 g/mol. The quantitative estimate of drug-likeness (QED) is 0.813. The van der Waals surface area contributed by atoms with Gasteiger partial charge in [-0.2, -0.15) is 0 Å². The molecule has 138 valence electrons. The van der Waals surface area contributed by atoms with E-state index in [-0.39, 0.29) is 5.56 Å². The van der Waals surface area contributed by atoms with Crippen LogP contribution in [0.2, 0.25) is 0 Å². The van der Waals surface area contributed by atoms with Crippen molar-refractivity contribution in [3.05, 3.63) is 35.9 Å². The number of nitrogens with zero attached hydrogens (tertiary/aromatic N) is 1. The molecule has 1 aromatic rings. The van der Waals surface area contributed by atoms with E-state index in [4.69, 9.17) is 18.9 Å². The molecule has 1 fully saturated rings. The predicted octanol–water partition coefficient (Wildman–Crippen LogP) is 1.22. The lowest BCUT2D eigenvalue weighted by Crippen LogP contribution is -2.55. The van der Waals surface area contributed by atoms with E-state index < -0.39 is 35.7 Å². The third-order valence-electron chi connectivity index (χ3n) is 4.24. The zero-order valence-corrected chi connectivity index (χ0v) is 14.9. The normalized spacial score (nSPS) is 24.5. The Kier molecular flexibility index (Phi) is 5.36. The van der Waals surface area contributed by atoms with Crippen molar-refractivity contribution in [3.8, 4) is 0 Å². The summed E-state index contributed by atoms with van der Waals surface area (Å²) in [4.78, 5) is 25.9. The molecule has 1 N–H and O–H groups in total. The van der Waals surface area contributed by atoms with Gasteiger partial charge in [0.25, 0.3) is 0 Å². The molecule has 1 saturated heterocycles. The first-order chi connectivity index (χ1) is 11.7. The highest BCUT2D eigenvalue weighted by Gasteiger charge is 2.62. The van der Waals surface area contributed by atoms with E-state index in [0.717, 1.165) is 7.11 Å². The Labute approximate surface area is 146 Å². The number of hydrogen-bond acceptors (Lipinski definition) is 7. The molecule has 0 aromatic heterocycles. The molecule has 0 spiro atoms. The van der Waals surface area contributed by atoms with Gasteiger partial charge in [-0.05, 0) is 19.4 Å². The molecule has 1 amide bonds. The topological polar surface area (TPSA) is 94.5 Å². The Morgan fingerprint density at radius 1 is 1.16 bits per heavy atom.